The van der Waals surface area contributed by atoms with Crippen molar-refractivity contribution in [1.82, 2.24) is 9.80 Å². The lowest BCUT2D eigenvalue weighted by Crippen LogP contribution is -2.48. The van der Waals surface area contributed by atoms with Gasteiger partial charge in [-0.25, -0.2) is 4.90 Å². The second kappa shape index (κ2) is 8.37. The summed E-state index contributed by atoms with van der Waals surface area (Å²) in [6, 6.07) is 16.1. The van der Waals surface area contributed by atoms with Crippen LogP contribution < -0.4 is 4.90 Å². The fourth-order valence-corrected chi connectivity index (χ4v) is 4.05. The van der Waals surface area contributed by atoms with Gasteiger partial charge in [0, 0.05) is 37.7 Å². The second-order valence-corrected chi connectivity index (χ2v) is 7.50. The number of anilines is 1. The highest BCUT2D eigenvalue weighted by Crippen LogP contribution is 2.35. The van der Waals surface area contributed by atoms with Gasteiger partial charge in [-0.1, -0.05) is 48.0 Å². The van der Waals surface area contributed by atoms with Gasteiger partial charge in [0.15, 0.2) is 0 Å². The molecule has 1 fully saturated rings. The Morgan fingerprint density at radius 2 is 1.62 bits per heavy atom. The number of benzene rings is 2. The highest BCUT2D eigenvalue weighted by Gasteiger charge is 2.43. The van der Waals surface area contributed by atoms with E-state index in [9.17, 15) is 9.59 Å². The Labute approximate surface area is 174 Å². The summed E-state index contributed by atoms with van der Waals surface area (Å²) >= 11 is 6.10. The molecule has 1 N–H and O–H groups in total. The van der Waals surface area contributed by atoms with Gasteiger partial charge in [-0.15, -0.1) is 0 Å². The first-order valence-corrected chi connectivity index (χ1v) is 10.00. The van der Waals surface area contributed by atoms with Crippen molar-refractivity contribution in [3.8, 4) is 0 Å². The van der Waals surface area contributed by atoms with Crippen LogP contribution in [0, 0.1) is 0 Å². The smallest absolute Gasteiger partial charge is 0.282 e. The van der Waals surface area contributed by atoms with Gasteiger partial charge in [-0.05, 0) is 23.8 Å². The maximum Gasteiger partial charge on any atom is 0.282 e. The van der Waals surface area contributed by atoms with E-state index in [-0.39, 0.29) is 18.4 Å². The van der Waals surface area contributed by atoms with Crippen molar-refractivity contribution in [3.05, 3.63) is 70.9 Å². The van der Waals surface area contributed by atoms with Gasteiger partial charge >= 0.3 is 0 Å². The predicted octanol–water partition coefficient (Wildman–Crippen LogP) is 2.23. The van der Waals surface area contributed by atoms with Crippen molar-refractivity contribution < 1.29 is 14.7 Å². The largest absolute Gasteiger partial charge is 0.395 e. The monoisotopic (exact) mass is 411 g/mol. The number of amides is 2. The van der Waals surface area contributed by atoms with E-state index in [1.54, 1.807) is 24.3 Å². The average Bonchev–Trinajstić information content (AvgIpc) is 2.99. The minimum absolute atomic E-state index is 0.109. The van der Waals surface area contributed by atoms with E-state index in [4.69, 9.17) is 16.7 Å². The van der Waals surface area contributed by atoms with Crippen LogP contribution in [0.15, 0.2) is 60.3 Å². The van der Waals surface area contributed by atoms with E-state index in [2.05, 4.69) is 4.90 Å². The number of hydrogen-bond acceptors (Lipinski definition) is 5. The first-order chi connectivity index (χ1) is 14.1. The van der Waals surface area contributed by atoms with Gasteiger partial charge in [-0.2, -0.15) is 0 Å². The summed E-state index contributed by atoms with van der Waals surface area (Å²) < 4.78 is 0. The molecule has 0 radical (unpaired) electrons. The summed E-state index contributed by atoms with van der Waals surface area (Å²) in [6.45, 7) is 3.41. The first-order valence-electron chi connectivity index (χ1n) is 9.62. The molecule has 2 aliphatic rings. The van der Waals surface area contributed by atoms with Gasteiger partial charge in [0.05, 0.1) is 17.9 Å². The lowest BCUT2D eigenvalue weighted by Gasteiger charge is -2.36. The molecule has 2 aromatic carbocycles. The number of carbonyl (C=O) groups is 2. The van der Waals surface area contributed by atoms with Gasteiger partial charge < -0.3 is 10.0 Å². The molecule has 0 saturated carbocycles. The van der Waals surface area contributed by atoms with E-state index in [1.807, 2.05) is 35.2 Å². The summed E-state index contributed by atoms with van der Waals surface area (Å²) in [4.78, 5) is 32.2. The summed E-state index contributed by atoms with van der Waals surface area (Å²) in [5.74, 6) is -0.664. The minimum Gasteiger partial charge on any atom is -0.395 e. The van der Waals surface area contributed by atoms with E-state index >= 15 is 0 Å². The van der Waals surface area contributed by atoms with E-state index in [0.29, 0.717) is 41.6 Å². The van der Waals surface area contributed by atoms with E-state index in [1.165, 1.54) is 4.90 Å². The fourth-order valence-electron chi connectivity index (χ4n) is 3.86. The number of piperazine rings is 1. The number of imide groups is 1. The zero-order chi connectivity index (χ0) is 20.4. The average molecular weight is 412 g/mol. The van der Waals surface area contributed by atoms with Crippen LogP contribution in [0.4, 0.5) is 5.69 Å². The summed E-state index contributed by atoms with van der Waals surface area (Å²) in [5, 5.41) is 9.63. The first kappa shape index (κ1) is 19.6. The van der Waals surface area contributed by atoms with Crippen molar-refractivity contribution in [2.24, 2.45) is 0 Å². The van der Waals surface area contributed by atoms with Crippen LogP contribution in [-0.2, 0) is 9.59 Å². The molecule has 29 heavy (non-hydrogen) atoms. The Kier molecular flexibility index (Phi) is 5.67. The summed E-state index contributed by atoms with van der Waals surface area (Å²) in [7, 11) is 0. The van der Waals surface area contributed by atoms with Crippen molar-refractivity contribution in [1.29, 1.82) is 0 Å². The van der Waals surface area contributed by atoms with Crippen molar-refractivity contribution in [3.63, 3.8) is 0 Å². The Morgan fingerprint density at radius 1 is 0.897 bits per heavy atom. The molecule has 0 spiro atoms. The molecule has 6 nitrogen and oxygen atoms in total. The standard InChI is InChI=1S/C22H22ClN3O3/c23-17-7-4-8-18(15-17)26-21(28)19(16-5-2-1-3-6-16)20(22(26)29)25-11-9-24(10-12-25)13-14-27/h1-8,15,27H,9-14H2. The molecular formula is C22H22ClN3O3. The lowest BCUT2D eigenvalue weighted by molar-refractivity contribution is -0.120. The fraction of sp³-hybridized carbons (Fsp3) is 0.273. The number of hydrogen-bond donors (Lipinski definition) is 1. The molecule has 2 amide bonds. The Balaban J connectivity index is 1.73. The van der Waals surface area contributed by atoms with Gasteiger partial charge in [0.2, 0.25) is 0 Å². The van der Waals surface area contributed by atoms with Crippen LogP contribution in [0.1, 0.15) is 5.56 Å². The number of nitrogens with zero attached hydrogens (tertiary/aromatic N) is 3. The maximum absolute atomic E-state index is 13.4. The SMILES string of the molecule is O=C1C(c2ccccc2)=C(N2CCN(CCO)CC2)C(=O)N1c1cccc(Cl)c1. The van der Waals surface area contributed by atoms with E-state index < -0.39 is 0 Å². The maximum atomic E-state index is 13.4. The Hall–Kier alpha value is -2.67. The van der Waals surface area contributed by atoms with Crippen molar-refractivity contribution >= 4 is 34.7 Å². The molecule has 0 unspecified atom stereocenters. The molecule has 4 rings (SSSR count). The highest BCUT2D eigenvalue weighted by atomic mass is 35.5. The van der Waals surface area contributed by atoms with Crippen LogP contribution in [0.25, 0.3) is 5.57 Å². The van der Waals surface area contributed by atoms with Gasteiger partial charge in [0.1, 0.15) is 5.70 Å². The summed E-state index contributed by atoms with van der Waals surface area (Å²) in [6.07, 6.45) is 0. The Bertz CT molecular complexity index is 953. The molecule has 0 aliphatic carbocycles. The predicted molar refractivity (Wildman–Crippen MR) is 112 cm³/mol. The third kappa shape index (κ3) is 3.79. The Morgan fingerprint density at radius 3 is 2.28 bits per heavy atom. The van der Waals surface area contributed by atoms with Crippen molar-refractivity contribution in [2.75, 3.05) is 44.2 Å². The number of aliphatic hydroxyl groups excluding tert-OH is 1. The molecule has 150 valence electrons. The molecule has 2 heterocycles. The number of halogens is 1. The van der Waals surface area contributed by atoms with Crippen LogP contribution >= 0.6 is 11.6 Å². The van der Waals surface area contributed by atoms with Gasteiger partial charge in [-0.3, -0.25) is 14.5 Å². The van der Waals surface area contributed by atoms with Gasteiger partial charge in [0.25, 0.3) is 11.8 Å². The lowest BCUT2D eigenvalue weighted by atomic mass is 10.0. The number of rotatable bonds is 5. The van der Waals surface area contributed by atoms with Crippen LogP contribution in [0.2, 0.25) is 5.02 Å². The third-order valence-electron chi connectivity index (χ3n) is 5.29. The van der Waals surface area contributed by atoms with Crippen molar-refractivity contribution in [2.45, 2.75) is 0 Å². The molecule has 0 aromatic heterocycles. The topological polar surface area (TPSA) is 64.1 Å². The van der Waals surface area contributed by atoms with Crippen LogP contribution in [0.5, 0.6) is 0 Å². The number of aliphatic hydroxyl groups is 1. The van der Waals surface area contributed by atoms with Crippen LogP contribution in [0.3, 0.4) is 0 Å². The summed E-state index contributed by atoms with van der Waals surface area (Å²) in [5.41, 5.74) is 2.05. The third-order valence-corrected chi connectivity index (χ3v) is 5.53. The number of β-amino-alcohol motifs (C(OH)–C–C–N with tert-alkyl or cyclic N) is 1. The van der Waals surface area contributed by atoms with Crippen LogP contribution in [-0.4, -0.2) is 66.1 Å². The molecular weight excluding hydrogens is 390 g/mol. The molecule has 7 heteroatoms. The normalized spacial score (nSPS) is 18.1. The van der Waals surface area contributed by atoms with E-state index in [0.717, 1.165) is 18.7 Å². The zero-order valence-electron chi connectivity index (χ0n) is 15.9. The molecule has 1 saturated heterocycles. The molecule has 0 atom stereocenters. The molecule has 0 bridgehead atoms. The number of carbonyl (C=O) groups excluding carboxylic acids is 2. The zero-order valence-corrected chi connectivity index (χ0v) is 16.7. The second-order valence-electron chi connectivity index (χ2n) is 7.07. The quantitative estimate of drug-likeness (QED) is 0.764. The molecule has 2 aliphatic heterocycles. The highest BCUT2D eigenvalue weighted by molar-refractivity contribution is 6.45. The minimum atomic E-state index is -0.337. The molecule has 2 aromatic rings.